The molecule has 0 saturated carbocycles. The van der Waals surface area contributed by atoms with E-state index in [1.807, 2.05) is 48.7 Å². The van der Waals surface area contributed by atoms with Gasteiger partial charge < -0.3 is 11.1 Å². The largest absolute Gasteiger partial charge is 0.368 e. The quantitative estimate of drug-likeness (QED) is 0.758. The van der Waals surface area contributed by atoms with Crippen molar-refractivity contribution in [3.8, 4) is 0 Å². The van der Waals surface area contributed by atoms with Gasteiger partial charge in [-0.3, -0.25) is 4.79 Å². The third-order valence-electron chi connectivity index (χ3n) is 3.37. The Kier molecular flexibility index (Phi) is 4.02. The van der Waals surface area contributed by atoms with Gasteiger partial charge in [0.15, 0.2) is 0 Å². The van der Waals surface area contributed by atoms with Gasteiger partial charge in [-0.05, 0) is 23.9 Å². The molecule has 6 heteroatoms. The Balaban J connectivity index is 1.90. The number of carbonyl (C=O) groups is 1. The van der Waals surface area contributed by atoms with Gasteiger partial charge in [-0.2, -0.15) is 0 Å². The van der Waals surface area contributed by atoms with Crippen molar-refractivity contribution in [2.24, 2.45) is 5.73 Å². The second-order valence-electron chi connectivity index (χ2n) is 5.05. The Morgan fingerprint density at radius 1 is 1.27 bits per heavy atom. The van der Waals surface area contributed by atoms with Crippen LogP contribution in [0.1, 0.15) is 11.4 Å². The highest BCUT2D eigenvalue weighted by Gasteiger charge is 2.18. The minimum Gasteiger partial charge on any atom is -0.368 e. The summed E-state index contributed by atoms with van der Waals surface area (Å²) in [7, 11) is 0. The van der Waals surface area contributed by atoms with E-state index in [4.69, 9.17) is 5.73 Å². The highest BCUT2D eigenvalue weighted by Crippen LogP contribution is 2.25. The predicted molar refractivity (Wildman–Crippen MR) is 88.9 cm³/mol. The van der Waals surface area contributed by atoms with Crippen LogP contribution in [-0.4, -0.2) is 21.9 Å². The molecule has 3 rings (SSSR count). The maximum absolute atomic E-state index is 11.8. The molecule has 5 nitrogen and oxygen atoms in total. The lowest BCUT2D eigenvalue weighted by Crippen LogP contribution is -2.37. The molecular weight excluding hydrogens is 296 g/mol. The smallest absolute Gasteiger partial charge is 0.240 e. The first-order chi connectivity index (χ1) is 10.6. The van der Waals surface area contributed by atoms with Gasteiger partial charge in [0.1, 0.15) is 22.5 Å². The second-order valence-corrected chi connectivity index (χ2v) is 5.94. The number of fused-ring (bicyclic) bond motifs is 1. The number of benzene rings is 1. The number of aromatic nitrogens is 2. The minimum absolute atomic E-state index is 0.400. The van der Waals surface area contributed by atoms with Crippen LogP contribution in [-0.2, 0) is 11.2 Å². The van der Waals surface area contributed by atoms with Crippen molar-refractivity contribution in [3.05, 3.63) is 53.2 Å². The Morgan fingerprint density at radius 2 is 2.05 bits per heavy atom. The van der Waals surface area contributed by atoms with Crippen molar-refractivity contribution in [1.82, 2.24) is 9.97 Å². The monoisotopic (exact) mass is 312 g/mol. The number of nitrogens with zero attached hydrogens (tertiary/aromatic N) is 2. The normalized spacial score (nSPS) is 12.2. The van der Waals surface area contributed by atoms with Crippen LogP contribution in [0.15, 0.2) is 41.8 Å². The van der Waals surface area contributed by atoms with Gasteiger partial charge in [0.05, 0.1) is 5.39 Å². The van der Waals surface area contributed by atoms with Gasteiger partial charge in [0, 0.05) is 6.42 Å². The van der Waals surface area contributed by atoms with Gasteiger partial charge in [-0.25, -0.2) is 9.97 Å². The first-order valence-electron chi connectivity index (χ1n) is 6.95. The molecule has 112 valence electrons. The van der Waals surface area contributed by atoms with Crippen molar-refractivity contribution >= 4 is 33.3 Å². The maximum atomic E-state index is 11.8. The first kappa shape index (κ1) is 14.5. The summed E-state index contributed by atoms with van der Waals surface area (Å²) in [5.74, 6) is 0.923. The Morgan fingerprint density at radius 3 is 2.77 bits per heavy atom. The van der Waals surface area contributed by atoms with E-state index >= 15 is 0 Å². The van der Waals surface area contributed by atoms with Crippen molar-refractivity contribution in [2.75, 3.05) is 5.32 Å². The molecule has 1 unspecified atom stereocenters. The zero-order valence-corrected chi connectivity index (χ0v) is 12.9. The zero-order valence-electron chi connectivity index (χ0n) is 12.1. The third-order valence-corrected chi connectivity index (χ3v) is 4.18. The number of hydrogen-bond acceptors (Lipinski definition) is 5. The fourth-order valence-corrected chi connectivity index (χ4v) is 3.12. The summed E-state index contributed by atoms with van der Waals surface area (Å²) in [5.41, 5.74) is 6.59. The highest BCUT2D eigenvalue weighted by molar-refractivity contribution is 7.16. The molecule has 2 heterocycles. The minimum atomic E-state index is -0.514. The van der Waals surface area contributed by atoms with Crippen LogP contribution < -0.4 is 11.1 Å². The number of carbonyl (C=O) groups excluding carboxylic acids is 1. The molecule has 1 amide bonds. The number of rotatable bonds is 5. The number of amides is 1. The fraction of sp³-hybridized carbons (Fsp3) is 0.188. The average Bonchev–Trinajstić information content (AvgIpc) is 2.95. The van der Waals surface area contributed by atoms with E-state index in [0.29, 0.717) is 18.1 Å². The molecule has 3 aromatic rings. The van der Waals surface area contributed by atoms with Crippen molar-refractivity contribution < 1.29 is 4.79 Å². The van der Waals surface area contributed by atoms with E-state index in [1.165, 1.54) is 0 Å². The van der Waals surface area contributed by atoms with Crippen LogP contribution >= 0.6 is 11.3 Å². The van der Waals surface area contributed by atoms with Crippen molar-refractivity contribution in [3.63, 3.8) is 0 Å². The van der Waals surface area contributed by atoms with Crippen LogP contribution in [0, 0.1) is 6.92 Å². The molecule has 0 radical (unpaired) electrons. The highest BCUT2D eigenvalue weighted by atomic mass is 32.1. The molecule has 1 atom stereocenters. The molecule has 2 aromatic heterocycles. The van der Waals surface area contributed by atoms with Crippen LogP contribution in [0.4, 0.5) is 5.82 Å². The fourth-order valence-electron chi connectivity index (χ4n) is 2.31. The first-order valence-corrected chi connectivity index (χ1v) is 7.83. The van der Waals surface area contributed by atoms with Gasteiger partial charge in [0.2, 0.25) is 5.91 Å². The Hall–Kier alpha value is -2.47. The summed E-state index contributed by atoms with van der Waals surface area (Å²) in [6.45, 7) is 1.83. The number of nitrogens with one attached hydrogen (secondary N) is 1. The molecule has 1 aromatic carbocycles. The number of hydrogen-bond donors (Lipinski definition) is 2. The average molecular weight is 312 g/mol. The molecule has 22 heavy (non-hydrogen) atoms. The van der Waals surface area contributed by atoms with Gasteiger partial charge >= 0.3 is 0 Å². The second kappa shape index (κ2) is 6.11. The number of thiophene rings is 1. The summed E-state index contributed by atoms with van der Waals surface area (Å²) in [4.78, 5) is 21.5. The molecule has 0 aliphatic heterocycles. The van der Waals surface area contributed by atoms with Gasteiger partial charge in [-0.15, -0.1) is 11.3 Å². The molecular formula is C16H16N4OS. The number of anilines is 1. The lowest BCUT2D eigenvalue weighted by Gasteiger charge is -2.17. The molecule has 0 saturated heterocycles. The topological polar surface area (TPSA) is 80.9 Å². The van der Waals surface area contributed by atoms with E-state index in [-0.39, 0.29) is 0 Å². The number of primary amides is 1. The van der Waals surface area contributed by atoms with Crippen LogP contribution in [0.5, 0.6) is 0 Å². The molecule has 0 aliphatic rings. The summed E-state index contributed by atoms with van der Waals surface area (Å²) in [6, 6.07) is 11.2. The maximum Gasteiger partial charge on any atom is 0.240 e. The van der Waals surface area contributed by atoms with Crippen LogP contribution in [0.25, 0.3) is 10.2 Å². The molecule has 0 bridgehead atoms. The van der Waals surface area contributed by atoms with Gasteiger partial charge in [0.25, 0.3) is 0 Å². The van der Waals surface area contributed by atoms with E-state index in [9.17, 15) is 4.79 Å². The number of aryl methyl sites for hydroxylation is 1. The van der Waals surface area contributed by atoms with E-state index in [0.717, 1.165) is 15.8 Å². The van der Waals surface area contributed by atoms with Crippen LogP contribution in [0.3, 0.4) is 0 Å². The molecule has 0 aliphatic carbocycles. The lowest BCUT2D eigenvalue weighted by molar-refractivity contribution is -0.118. The third kappa shape index (κ3) is 3.07. The summed E-state index contributed by atoms with van der Waals surface area (Å²) in [6.07, 6.45) is 0.519. The standard InChI is InChI=1S/C16H16N4OS/c1-10-18-15(12-7-8-22-16(12)19-10)20-13(14(17)21)9-11-5-3-2-4-6-11/h2-8,13H,9H2,1H3,(H2,17,21)(H,18,19,20). The van der Waals surface area contributed by atoms with Crippen molar-refractivity contribution in [1.29, 1.82) is 0 Å². The van der Waals surface area contributed by atoms with E-state index in [1.54, 1.807) is 11.3 Å². The van der Waals surface area contributed by atoms with Gasteiger partial charge in [-0.1, -0.05) is 30.3 Å². The molecule has 0 spiro atoms. The zero-order chi connectivity index (χ0) is 15.5. The van der Waals surface area contributed by atoms with E-state index in [2.05, 4.69) is 15.3 Å². The lowest BCUT2D eigenvalue weighted by atomic mass is 10.1. The van der Waals surface area contributed by atoms with Crippen LogP contribution in [0.2, 0.25) is 0 Å². The molecule has 3 N–H and O–H groups in total. The Bertz CT molecular complexity index is 800. The number of nitrogens with two attached hydrogens (primary N) is 1. The van der Waals surface area contributed by atoms with Crippen molar-refractivity contribution in [2.45, 2.75) is 19.4 Å². The molecule has 0 fully saturated rings. The SMILES string of the molecule is Cc1nc(NC(Cc2ccccc2)C(N)=O)c2ccsc2n1. The Labute approximate surface area is 132 Å². The van der Waals surface area contributed by atoms with E-state index < -0.39 is 11.9 Å². The predicted octanol–water partition coefficient (Wildman–Crippen LogP) is 2.51. The summed E-state index contributed by atoms with van der Waals surface area (Å²) in [5, 5.41) is 6.05. The summed E-state index contributed by atoms with van der Waals surface area (Å²) < 4.78 is 0. The summed E-state index contributed by atoms with van der Waals surface area (Å²) >= 11 is 1.55.